The molecule has 2 saturated heterocycles. The van der Waals surface area contributed by atoms with E-state index < -0.39 is 23.3 Å². The van der Waals surface area contributed by atoms with Crippen LogP contribution in [0.4, 0.5) is 4.39 Å². The first-order chi connectivity index (χ1) is 15.6. The summed E-state index contributed by atoms with van der Waals surface area (Å²) >= 11 is 0. The number of carbonyl (C=O) groups is 3. The maximum absolute atomic E-state index is 13.6. The maximum atomic E-state index is 13.6. The zero-order valence-electron chi connectivity index (χ0n) is 19.5. The fourth-order valence-corrected chi connectivity index (χ4v) is 5.10. The third-order valence-electron chi connectivity index (χ3n) is 6.79. The molecule has 4 rings (SSSR count). The van der Waals surface area contributed by atoms with Gasteiger partial charge in [-0.15, -0.1) is 0 Å². The molecule has 0 aliphatic carbocycles. The SMILES string of the molecule is CC(C)(C)C(=O)N1CC[C@H]2CC[C@@H](C(=O)N[C@@H]3CCOc4cc(F)ccc43)N2C(=O)[C@@H](N)C1. The number of ether oxygens (including phenoxy) is 1. The van der Waals surface area contributed by atoms with E-state index in [1.165, 1.54) is 12.1 Å². The number of amides is 3. The van der Waals surface area contributed by atoms with Crippen molar-refractivity contribution in [3.8, 4) is 5.75 Å². The lowest BCUT2D eigenvalue weighted by Crippen LogP contribution is -2.60. The summed E-state index contributed by atoms with van der Waals surface area (Å²) in [6.07, 6.45) is 2.41. The van der Waals surface area contributed by atoms with Gasteiger partial charge in [0, 0.05) is 42.6 Å². The van der Waals surface area contributed by atoms with Crippen molar-refractivity contribution in [3.05, 3.63) is 29.6 Å². The van der Waals surface area contributed by atoms with Crippen LogP contribution in [0.2, 0.25) is 0 Å². The summed E-state index contributed by atoms with van der Waals surface area (Å²) < 4.78 is 19.1. The van der Waals surface area contributed by atoms with E-state index in [9.17, 15) is 18.8 Å². The van der Waals surface area contributed by atoms with Crippen molar-refractivity contribution in [2.45, 2.75) is 70.6 Å². The summed E-state index contributed by atoms with van der Waals surface area (Å²) in [5, 5.41) is 3.05. The molecule has 4 atom stereocenters. The molecular weight excluding hydrogens is 427 g/mol. The van der Waals surface area contributed by atoms with Crippen molar-refractivity contribution in [3.63, 3.8) is 0 Å². The van der Waals surface area contributed by atoms with Crippen molar-refractivity contribution < 1.29 is 23.5 Å². The number of halogens is 1. The standard InChI is InChI=1S/C24H33FN4O4/c1-24(2,3)23(32)28-10-8-15-5-7-19(29(15)22(31)17(26)13-28)21(30)27-18-9-11-33-20-12-14(25)4-6-16(18)20/h4,6,12,15,17-19H,5,7-11,13,26H2,1-3H3,(H,27,30)/t15-,17+,18-,19+/m1/s1. The molecule has 3 heterocycles. The van der Waals surface area contributed by atoms with E-state index in [0.717, 1.165) is 5.56 Å². The second kappa shape index (κ2) is 8.93. The summed E-state index contributed by atoms with van der Waals surface area (Å²) in [5.41, 5.74) is 6.41. The number of rotatable bonds is 2. The summed E-state index contributed by atoms with van der Waals surface area (Å²) in [6.45, 7) is 6.59. The lowest BCUT2D eigenvalue weighted by Gasteiger charge is -2.39. The second-order valence-corrected chi connectivity index (χ2v) is 10.3. The van der Waals surface area contributed by atoms with Crippen LogP contribution in [0.3, 0.4) is 0 Å². The highest BCUT2D eigenvalue weighted by Gasteiger charge is 2.45. The van der Waals surface area contributed by atoms with Gasteiger partial charge in [0.25, 0.3) is 0 Å². The fourth-order valence-electron chi connectivity index (χ4n) is 5.10. The molecule has 0 bridgehead atoms. The van der Waals surface area contributed by atoms with Gasteiger partial charge in [0.1, 0.15) is 23.7 Å². The highest BCUT2D eigenvalue weighted by atomic mass is 19.1. The third-order valence-corrected chi connectivity index (χ3v) is 6.79. The van der Waals surface area contributed by atoms with Crippen molar-refractivity contribution in [1.82, 2.24) is 15.1 Å². The molecule has 8 nitrogen and oxygen atoms in total. The Morgan fingerprint density at radius 1 is 1.18 bits per heavy atom. The Bertz CT molecular complexity index is 947. The molecule has 9 heteroatoms. The predicted molar refractivity (Wildman–Crippen MR) is 120 cm³/mol. The molecule has 0 saturated carbocycles. The number of hydrogen-bond donors (Lipinski definition) is 2. The minimum absolute atomic E-state index is 0.0268. The van der Waals surface area contributed by atoms with Gasteiger partial charge in [-0.3, -0.25) is 14.4 Å². The van der Waals surface area contributed by atoms with E-state index in [2.05, 4.69) is 5.32 Å². The Labute approximate surface area is 193 Å². The Kier molecular flexibility index (Phi) is 6.35. The van der Waals surface area contributed by atoms with Crippen LogP contribution >= 0.6 is 0 Å². The highest BCUT2D eigenvalue weighted by Crippen LogP contribution is 2.34. The topological polar surface area (TPSA) is 105 Å². The van der Waals surface area contributed by atoms with E-state index in [-0.39, 0.29) is 36.3 Å². The summed E-state index contributed by atoms with van der Waals surface area (Å²) in [5.74, 6) is -0.509. The van der Waals surface area contributed by atoms with Gasteiger partial charge in [0.2, 0.25) is 17.7 Å². The van der Waals surface area contributed by atoms with Crippen molar-refractivity contribution in [1.29, 1.82) is 0 Å². The first-order valence-corrected chi connectivity index (χ1v) is 11.7. The van der Waals surface area contributed by atoms with Crippen LogP contribution in [0.1, 0.15) is 58.1 Å². The summed E-state index contributed by atoms with van der Waals surface area (Å²) in [4.78, 5) is 42.7. The van der Waals surface area contributed by atoms with Crippen LogP contribution in [0.15, 0.2) is 18.2 Å². The number of fused-ring (bicyclic) bond motifs is 2. The molecule has 3 aliphatic heterocycles. The second-order valence-electron chi connectivity index (χ2n) is 10.3. The van der Waals surface area contributed by atoms with Crippen LogP contribution in [-0.4, -0.2) is 65.3 Å². The van der Waals surface area contributed by atoms with Gasteiger partial charge in [0.15, 0.2) is 0 Å². The summed E-state index contributed by atoms with van der Waals surface area (Å²) in [7, 11) is 0. The first kappa shape index (κ1) is 23.5. The quantitative estimate of drug-likeness (QED) is 0.700. The van der Waals surface area contributed by atoms with E-state index >= 15 is 0 Å². The summed E-state index contributed by atoms with van der Waals surface area (Å²) in [6, 6.07) is 2.38. The van der Waals surface area contributed by atoms with Gasteiger partial charge in [-0.25, -0.2) is 4.39 Å². The molecule has 0 unspecified atom stereocenters. The fraction of sp³-hybridized carbons (Fsp3) is 0.625. The lowest BCUT2D eigenvalue weighted by molar-refractivity contribution is -0.147. The van der Waals surface area contributed by atoms with Gasteiger partial charge in [-0.2, -0.15) is 0 Å². The molecular formula is C24H33FN4O4. The molecule has 1 aromatic carbocycles. The minimum atomic E-state index is -0.876. The Balaban J connectivity index is 1.48. The maximum Gasteiger partial charge on any atom is 0.243 e. The number of carbonyl (C=O) groups excluding carboxylic acids is 3. The minimum Gasteiger partial charge on any atom is -0.493 e. The van der Waals surface area contributed by atoms with E-state index in [4.69, 9.17) is 10.5 Å². The molecule has 33 heavy (non-hydrogen) atoms. The first-order valence-electron chi connectivity index (χ1n) is 11.7. The molecule has 180 valence electrons. The van der Waals surface area contributed by atoms with E-state index in [0.29, 0.717) is 44.6 Å². The van der Waals surface area contributed by atoms with Crippen molar-refractivity contribution >= 4 is 17.7 Å². The number of hydrogen-bond acceptors (Lipinski definition) is 5. The van der Waals surface area contributed by atoms with Gasteiger partial charge in [-0.1, -0.05) is 26.8 Å². The zero-order valence-corrected chi connectivity index (χ0v) is 19.5. The van der Waals surface area contributed by atoms with Crippen LogP contribution < -0.4 is 15.8 Å². The van der Waals surface area contributed by atoms with E-state index in [1.54, 1.807) is 15.9 Å². The Morgan fingerprint density at radius 2 is 1.94 bits per heavy atom. The van der Waals surface area contributed by atoms with E-state index in [1.807, 2.05) is 20.8 Å². The molecule has 3 amide bonds. The molecule has 0 spiro atoms. The molecule has 0 radical (unpaired) electrons. The smallest absolute Gasteiger partial charge is 0.243 e. The zero-order chi connectivity index (χ0) is 23.9. The number of nitrogens with zero attached hydrogens (tertiary/aromatic N) is 2. The van der Waals surface area contributed by atoms with Crippen molar-refractivity contribution in [2.75, 3.05) is 19.7 Å². The molecule has 3 aliphatic rings. The van der Waals surface area contributed by atoms with Crippen LogP contribution in [0.25, 0.3) is 0 Å². The molecule has 0 aromatic heterocycles. The number of nitrogens with one attached hydrogen (secondary N) is 1. The van der Waals surface area contributed by atoms with Crippen LogP contribution in [0, 0.1) is 11.2 Å². The molecule has 1 aromatic rings. The van der Waals surface area contributed by atoms with Crippen LogP contribution in [0.5, 0.6) is 5.75 Å². The Hall–Kier alpha value is -2.68. The Morgan fingerprint density at radius 3 is 2.67 bits per heavy atom. The largest absolute Gasteiger partial charge is 0.493 e. The highest BCUT2D eigenvalue weighted by molar-refractivity contribution is 5.91. The number of benzene rings is 1. The van der Waals surface area contributed by atoms with Crippen molar-refractivity contribution in [2.24, 2.45) is 11.1 Å². The van der Waals surface area contributed by atoms with Gasteiger partial charge >= 0.3 is 0 Å². The average Bonchev–Trinajstić information content (AvgIpc) is 3.17. The van der Waals surface area contributed by atoms with Gasteiger partial charge in [0.05, 0.1) is 12.6 Å². The van der Waals surface area contributed by atoms with Crippen LogP contribution in [-0.2, 0) is 14.4 Å². The normalized spacial score (nSPS) is 27.7. The lowest BCUT2D eigenvalue weighted by atomic mass is 9.93. The van der Waals surface area contributed by atoms with Gasteiger partial charge in [-0.05, 0) is 25.3 Å². The molecule has 3 N–H and O–H groups in total. The third kappa shape index (κ3) is 4.69. The molecule has 2 fully saturated rings. The monoisotopic (exact) mass is 460 g/mol. The number of nitrogens with two attached hydrogens (primary N) is 1. The predicted octanol–water partition coefficient (Wildman–Crippen LogP) is 1.73. The average molecular weight is 461 g/mol. The van der Waals surface area contributed by atoms with Gasteiger partial charge < -0.3 is 25.6 Å².